The van der Waals surface area contributed by atoms with Crippen molar-refractivity contribution >= 4 is 28.9 Å². The molecule has 21 heavy (non-hydrogen) atoms. The van der Waals surface area contributed by atoms with Crippen LogP contribution in [0.25, 0.3) is 0 Å². The van der Waals surface area contributed by atoms with Crippen LogP contribution >= 0.6 is 11.6 Å². The summed E-state index contributed by atoms with van der Waals surface area (Å²) in [5.41, 5.74) is 0.318. The first kappa shape index (κ1) is 15.6. The topological polar surface area (TPSA) is 75.5 Å². The Labute approximate surface area is 128 Å². The van der Waals surface area contributed by atoms with E-state index >= 15 is 0 Å². The van der Waals surface area contributed by atoms with Crippen molar-refractivity contribution in [3.05, 3.63) is 32.8 Å². The summed E-state index contributed by atoms with van der Waals surface area (Å²) in [6.07, 6.45) is 2.83. The highest BCUT2D eigenvalue weighted by Crippen LogP contribution is 2.34. The van der Waals surface area contributed by atoms with Crippen LogP contribution < -0.4 is 5.32 Å². The number of likely N-dealkylation sites (tertiary alicyclic amines) is 1. The smallest absolute Gasteiger partial charge is 0.294 e. The number of hydrogen-bond donors (Lipinski definition) is 1. The molecule has 1 aliphatic rings. The van der Waals surface area contributed by atoms with Gasteiger partial charge >= 0.3 is 0 Å². The zero-order chi connectivity index (χ0) is 15.6. The van der Waals surface area contributed by atoms with E-state index in [4.69, 9.17) is 11.6 Å². The van der Waals surface area contributed by atoms with Gasteiger partial charge in [-0.2, -0.15) is 0 Å². The van der Waals surface area contributed by atoms with E-state index in [1.807, 2.05) is 6.92 Å². The zero-order valence-electron chi connectivity index (χ0n) is 12.1. The van der Waals surface area contributed by atoms with Gasteiger partial charge in [0.1, 0.15) is 5.69 Å². The van der Waals surface area contributed by atoms with Gasteiger partial charge in [-0.1, -0.05) is 18.5 Å². The van der Waals surface area contributed by atoms with E-state index in [2.05, 4.69) is 5.32 Å². The average Bonchev–Trinajstić information content (AvgIpc) is 2.93. The second kappa shape index (κ2) is 6.30. The van der Waals surface area contributed by atoms with Crippen LogP contribution in [-0.4, -0.2) is 35.4 Å². The molecule has 0 aliphatic carbocycles. The van der Waals surface area contributed by atoms with Crippen molar-refractivity contribution in [1.82, 2.24) is 4.90 Å². The summed E-state index contributed by atoms with van der Waals surface area (Å²) in [6.45, 7) is 2.73. The number of carbonyl (C=O) groups excluding carboxylic acids is 1. The lowest BCUT2D eigenvalue weighted by molar-refractivity contribution is -0.384. The summed E-state index contributed by atoms with van der Waals surface area (Å²) in [4.78, 5) is 25.0. The zero-order valence-corrected chi connectivity index (χ0v) is 12.8. The lowest BCUT2D eigenvalue weighted by Gasteiger charge is -2.23. The molecule has 1 N–H and O–H groups in total. The van der Waals surface area contributed by atoms with Gasteiger partial charge in [-0.3, -0.25) is 14.9 Å². The van der Waals surface area contributed by atoms with Crippen LogP contribution in [0, 0.1) is 10.1 Å². The Morgan fingerprint density at radius 3 is 2.86 bits per heavy atom. The first-order valence-electron chi connectivity index (χ1n) is 6.96. The summed E-state index contributed by atoms with van der Waals surface area (Å²) in [5.74, 6) is -0.188. The third-order valence-corrected chi connectivity index (χ3v) is 4.17. The quantitative estimate of drug-likeness (QED) is 0.683. The Kier molecular flexibility index (Phi) is 4.67. The van der Waals surface area contributed by atoms with Crippen LogP contribution in [0.15, 0.2) is 12.1 Å². The van der Waals surface area contributed by atoms with Crippen molar-refractivity contribution in [1.29, 1.82) is 0 Å². The van der Waals surface area contributed by atoms with Gasteiger partial charge in [0.15, 0.2) is 0 Å². The molecule has 0 saturated carbocycles. The second-order valence-electron chi connectivity index (χ2n) is 5.06. The van der Waals surface area contributed by atoms with E-state index in [9.17, 15) is 14.9 Å². The largest absolute Gasteiger partial charge is 0.381 e. The lowest BCUT2D eigenvalue weighted by atomic mass is 10.1. The van der Waals surface area contributed by atoms with Crippen molar-refractivity contribution in [2.75, 3.05) is 18.9 Å². The summed E-state index contributed by atoms with van der Waals surface area (Å²) < 4.78 is 0. The van der Waals surface area contributed by atoms with Crippen molar-refractivity contribution in [2.24, 2.45) is 0 Å². The molecular formula is C14H18ClN3O3. The first-order chi connectivity index (χ1) is 9.99. The predicted octanol–water partition coefficient (Wildman–Crippen LogP) is 3.30. The number of nitrogens with zero attached hydrogens (tertiary/aromatic N) is 2. The van der Waals surface area contributed by atoms with Crippen LogP contribution in [0.1, 0.15) is 36.5 Å². The third kappa shape index (κ3) is 2.95. The van der Waals surface area contributed by atoms with Crippen molar-refractivity contribution in [3.8, 4) is 0 Å². The molecule has 0 aromatic heterocycles. The van der Waals surface area contributed by atoms with Gasteiger partial charge in [-0.05, 0) is 25.3 Å². The van der Waals surface area contributed by atoms with E-state index in [1.54, 1.807) is 11.9 Å². The van der Waals surface area contributed by atoms with Crippen molar-refractivity contribution < 1.29 is 9.72 Å². The number of halogens is 1. The maximum Gasteiger partial charge on any atom is 0.294 e. The Hall–Kier alpha value is -1.82. The highest BCUT2D eigenvalue weighted by atomic mass is 35.5. The standard InChI is InChI=1S/C14H18ClN3O3/c1-3-10-5-4-6-17(10)14(19)9-7-11(15)13(16-2)12(8-9)18(20)21/h7-8,10,16H,3-6H2,1-2H3. The average molecular weight is 312 g/mol. The molecule has 1 heterocycles. The second-order valence-corrected chi connectivity index (χ2v) is 5.47. The third-order valence-electron chi connectivity index (χ3n) is 3.87. The molecule has 1 saturated heterocycles. The molecule has 1 atom stereocenters. The van der Waals surface area contributed by atoms with E-state index in [-0.39, 0.29) is 33.9 Å². The molecular weight excluding hydrogens is 294 g/mol. The summed E-state index contributed by atoms with van der Waals surface area (Å²) in [7, 11) is 1.56. The predicted molar refractivity (Wildman–Crippen MR) is 82.0 cm³/mol. The van der Waals surface area contributed by atoms with Crippen molar-refractivity contribution in [2.45, 2.75) is 32.2 Å². The van der Waals surface area contributed by atoms with E-state index < -0.39 is 4.92 Å². The number of anilines is 1. The number of benzene rings is 1. The number of nitrogens with one attached hydrogen (secondary N) is 1. The Morgan fingerprint density at radius 2 is 2.29 bits per heavy atom. The number of hydrogen-bond acceptors (Lipinski definition) is 4. The van der Waals surface area contributed by atoms with Gasteiger partial charge in [-0.25, -0.2) is 0 Å². The summed E-state index contributed by atoms with van der Waals surface area (Å²) in [5, 5.41) is 14.0. The minimum absolute atomic E-state index is 0.180. The molecule has 0 radical (unpaired) electrons. The van der Waals surface area contributed by atoms with Gasteiger partial charge in [0.05, 0.1) is 9.95 Å². The molecule has 0 bridgehead atoms. The summed E-state index contributed by atoms with van der Waals surface area (Å²) >= 11 is 6.06. The van der Waals surface area contributed by atoms with Crippen LogP contribution in [0.2, 0.25) is 5.02 Å². The first-order valence-corrected chi connectivity index (χ1v) is 7.34. The number of nitro groups is 1. The van der Waals surface area contributed by atoms with Crippen LogP contribution in [0.3, 0.4) is 0 Å². The Balaban J connectivity index is 2.40. The monoisotopic (exact) mass is 311 g/mol. The molecule has 1 fully saturated rings. The molecule has 6 nitrogen and oxygen atoms in total. The molecule has 114 valence electrons. The molecule has 1 unspecified atom stereocenters. The van der Waals surface area contributed by atoms with E-state index in [0.717, 1.165) is 19.3 Å². The number of carbonyl (C=O) groups is 1. The number of nitro benzene ring substituents is 1. The molecule has 1 amide bonds. The Morgan fingerprint density at radius 1 is 1.57 bits per heavy atom. The lowest BCUT2D eigenvalue weighted by Crippen LogP contribution is -2.35. The van der Waals surface area contributed by atoms with Gasteiger partial charge in [-0.15, -0.1) is 0 Å². The van der Waals surface area contributed by atoms with Crippen LogP contribution in [0.4, 0.5) is 11.4 Å². The van der Waals surface area contributed by atoms with Gasteiger partial charge in [0.2, 0.25) is 0 Å². The number of rotatable bonds is 4. The Bertz CT molecular complexity index is 577. The highest BCUT2D eigenvalue weighted by molar-refractivity contribution is 6.34. The van der Waals surface area contributed by atoms with E-state index in [1.165, 1.54) is 12.1 Å². The fourth-order valence-electron chi connectivity index (χ4n) is 2.80. The van der Waals surface area contributed by atoms with Gasteiger partial charge in [0, 0.05) is 31.3 Å². The molecule has 1 aromatic rings. The molecule has 0 spiro atoms. The molecule has 1 aromatic carbocycles. The highest BCUT2D eigenvalue weighted by Gasteiger charge is 2.30. The maximum absolute atomic E-state index is 12.6. The summed E-state index contributed by atoms with van der Waals surface area (Å²) in [6, 6.07) is 3.00. The number of amides is 1. The van der Waals surface area contributed by atoms with Gasteiger partial charge in [0.25, 0.3) is 11.6 Å². The molecule has 2 rings (SSSR count). The SMILES string of the molecule is CCC1CCCN1C(=O)c1cc(Cl)c(NC)c([N+](=O)[O-])c1. The fraction of sp³-hybridized carbons (Fsp3) is 0.500. The fourth-order valence-corrected chi connectivity index (χ4v) is 3.11. The van der Waals surface area contributed by atoms with Gasteiger partial charge < -0.3 is 10.2 Å². The van der Waals surface area contributed by atoms with Crippen LogP contribution in [-0.2, 0) is 0 Å². The normalized spacial score (nSPS) is 17.9. The minimum Gasteiger partial charge on any atom is -0.381 e. The minimum atomic E-state index is -0.532. The van der Waals surface area contributed by atoms with Crippen molar-refractivity contribution in [3.63, 3.8) is 0 Å². The maximum atomic E-state index is 12.6. The van der Waals surface area contributed by atoms with E-state index in [0.29, 0.717) is 6.54 Å². The molecule has 1 aliphatic heterocycles. The molecule has 7 heteroatoms. The van der Waals surface area contributed by atoms with Crippen LogP contribution in [0.5, 0.6) is 0 Å².